The summed E-state index contributed by atoms with van der Waals surface area (Å²) in [5.74, 6) is 2.40. The Balaban J connectivity index is 0.000000236. The van der Waals surface area contributed by atoms with E-state index in [-0.39, 0.29) is 5.78 Å². The van der Waals surface area contributed by atoms with Crippen molar-refractivity contribution in [3.05, 3.63) is 260 Å². The summed E-state index contributed by atoms with van der Waals surface area (Å²) in [6.07, 6.45) is 0.903. The van der Waals surface area contributed by atoms with Crippen molar-refractivity contribution >= 4 is 11.8 Å². The zero-order valence-electron chi connectivity index (χ0n) is 48.9. The van der Waals surface area contributed by atoms with Crippen LogP contribution in [0.15, 0.2) is 182 Å². The van der Waals surface area contributed by atoms with Crippen molar-refractivity contribution in [1.82, 2.24) is 9.80 Å². The summed E-state index contributed by atoms with van der Waals surface area (Å²) in [7, 11) is 0. The summed E-state index contributed by atoms with van der Waals surface area (Å²) in [6.45, 7) is 19.6. The number of aliphatic carboxylic acids is 1. The number of benzene rings is 8. The van der Waals surface area contributed by atoms with Crippen molar-refractivity contribution in [1.29, 1.82) is 0 Å². The summed E-state index contributed by atoms with van der Waals surface area (Å²) in [6, 6.07) is 60.6. The van der Waals surface area contributed by atoms with Crippen LogP contribution in [0.2, 0.25) is 0 Å². The van der Waals surface area contributed by atoms with Crippen molar-refractivity contribution in [3.8, 4) is 23.0 Å². The van der Waals surface area contributed by atoms with E-state index in [1.807, 2.05) is 48.5 Å². The van der Waals surface area contributed by atoms with Crippen LogP contribution in [0.5, 0.6) is 23.0 Å². The fourth-order valence-electron chi connectivity index (χ4n) is 9.73. The number of carbonyl (C=O) groups is 2. The number of aryl methyl sites for hydroxylation is 6. The molecule has 11 nitrogen and oxygen atoms in total. The van der Waals surface area contributed by atoms with E-state index in [0.29, 0.717) is 78.5 Å². The van der Waals surface area contributed by atoms with Crippen LogP contribution in [0.3, 0.4) is 0 Å². The number of hydrogen-bond acceptors (Lipinski definition) is 10. The highest BCUT2D eigenvalue weighted by atomic mass is 16.5. The van der Waals surface area contributed by atoms with E-state index in [2.05, 4.69) is 185 Å². The van der Waals surface area contributed by atoms with Crippen LogP contribution in [0.25, 0.3) is 0 Å². The minimum atomic E-state index is -0.996. The Bertz CT molecular complexity index is 3340. The van der Waals surface area contributed by atoms with Gasteiger partial charge in [0.05, 0.1) is 6.04 Å². The number of ether oxygens (including phenoxy) is 4. The molecule has 0 aliphatic carbocycles. The monoisotopic (exact) mass is 1100 g/mol. The molecular weight excluding hydrogens is 1020 g/mol. The third-order valence-corrected chi connectivity index (χ3v) is 14.3. The first-order valence-corrected chi connectivity index (χ1v) is 28.3. The van der Waals surface area contributed by atoms with Gasteiger partial charge in [-0.15, -0.1) is 0 Å². The molecule has 428 valence electrons. The lowest BCUT2D eigenvalue weighted by Gasteiger charge is -2.26. The van der Waals surface area contributed by atoms with Crippen LogP contribution >= 0.6 is 0 Å². The summed E-state index contributed by atoms with van der Waals surface area (Å²) in [5.41, 5.74) is 27.8. The van der Waals surface area contributed by atoms with Crippen LogP contribution in [-0.2, 0) is 62.2 Å². The molecule has 8 aromatic rings. The summed E-state index contributed by atoms with van der Waals surface area (Å²) in [5, 5.41) is 9.40. The van der Waals surface area contributed by atoms with E-state index in [1.165, 1.54) is 22.3 Å². The topological polar surface area (TPSA) is 150 Å². The molecule has 8 aromatic carbocycles. The lowest BCUT2D eigenvalue weighted by Crippen LogP contribution is -2.35. The van der Waals surface area contributed by atoms with Gasteiger partial charge in [-0.3, -0.25) is 19.4 Å². The smallest absolute Gasteiger partial charge is 0.320 e. The third kappa shape index (κ3) is 19.9. The molecule has 0 amide bonds. The molecule has 0 bridgehead atoms. The molecular formula is C71H82N4O7. The maximum absolute atomic E-state index is 11.9. The van der Waals surface area contributed by atoms with Gasteiger partial charge < -0.3 is 35.5 Å². The van der Waals surface area contributed by atoms with E-state index in [1.54, 1.807) is 6.92 Å². The molecule has 0 aliphatic rings. The molecule has 11 heteroatoms. The van der Waals surface area contributed by atoms with E-state index < -0.39 is 18.1 Å². The second-order valence-electron chi connectivity index (χ2n) is 21.7. The predicted molar refractivity (Wildman–Crippen MR) is 329 cm³/mol. The fourth-order valence-corrected chi connectivity index (χ4v) is 9.73. The molecule has 8 rings (SSSR count). The standard InChI is InChI=1S/C36H42N2O3.C35H40N2O4/c1-26-10-7-13-30(20-26)24-40-35-17-6-5-15-32(35)22-38(19-18-34(37)29(4)39)23-33-16-9-12-28(3)36(33)41-25-31-14-8-11-27(2)21-31;1-25-8-6-10-28(18-25)23-40-33-13-5-4-12-30(33)21-37(17-16-32(36)35(38)39)22-31-15-14-27(3)20-34(31)41-24-29-11-7-9-26(2)19-29/h5-17,20-21,34H,18-19,22-25,37H2,1-4H3;4-15,18-20,32H,16-17,21-24,36H2,1-3H3,(H,38,39)/t34-;32-/m00/s1. The Labute approximate surface area is 486 Å². The highest BCUT2D eigenvalue weighted by Gasteiger charge is 2.20. The van der Waals surface area contributed by atoms with Crippen molar-refractivity contribution < 1.29 is 33.6 Å². The van der Waals surface area contributed by atoms with Crippen molar-refractivity contribution in [2.75, 3.05) is 13.1 Å². The van der Waals surface area contributed by atoms with Crippen molar-refractivity contribution in [2.24, 2.45) is 11.5 Å². The molecule has 0 aliphatic heterocycles. The van der Waals surface area contributed by atoms with Gasteiger partial charge in [-0.2, -0.15) is 0 Å². The van der Waals surface area contributed by atoms with Gasteiger partial charge in [0.2, 0.25) is 0 Å². The normalized spacial score (nSPS) is 11.8. The van der Waals surface area contributed by atoms with Gasteiger partial charge >= 0.3 is 5.97 Å². The molecule has 0 saturated carbocycles. The number of nitrogens with two attached hydrogens (primary N) is 2. The number of ketones is 1. The molecule has 82 heavy (non-hydrogen) atoms. The Morgan fingerprint density at radius 3 is 1.22 bits per heavy atom. The average molecular weight is 1100 g/mol. The second-order valence-corrected chi connectivity index (χ2v) is 21.7. The zero-order valence-corrected chi connectivity index (χ0v) is 48.9. The molecule has 0 spiro atoms. The fraction of sp³-hybridized carbons (Fsp3) is 0.296. The first kappa shape index (κ1) is 61.6. The van der Waals surface area contributed by atoms with E-state index in [4.69, 9.17) is 30.4 Å². The van der Waals surface area contributed by atoms with Gasteiger partial charge in [-0.1, -0.05) is 186 Å². The number of Topliss-reactive ketones (excluding diaryl/α,β-unsaturated/α-hetero) is 1. The minimum absolute atomic E-state index is 0.00423. The van der Waals surface area contributed by atoms with Gasteiger partial charge in [0.15, 0.2) is 0 Å². The summed E-state index contributed by atoms with van der Waals surface area (Å²) >= 11 is 0. The maximum atomic E-state index is 11.9. The van der Waals surface area contributed by atoms with E-state index >= 15 is 0 Å². The minimum Gasteiger partial charge on any atom is -0.489 e. The highest BCUT2D eigenvalue weighted by Crippen LogP contribution is 2.30. The van der Waals surface area contributed by atoms with Gasteiger partial charge in [-0.25, -0.2) is 0 Å². The Morgan fingerprint density at radius 2 is 0.780 bits per heavy atom. The van der Waals surface area contributed by atoms with Crippen LogP contribution in [0.1, 0.15) is 97.7 Å². The Hall–Kier alpha value is -8.06. The number of carboxylic acid groups (broad SMARTS) is 1. The lowest BCUT2D eigenvalue weighted by atomic mass is 10.1. The van der Waals surface area contributed by atoms with Gasteiger partial charge in [-0.05, 0) is 113 Å². The maximum Gasteiger partial charge on any atom is 0.320 e. The van der Waals surface area contributed by atoms with Crippen LogP contribution in [0, 0.1) is 41.5 Å². The Kier molecular flexibility index (Phi) is 23.4. The molecule has 0 radical (unpaired) electrons. The molecule has 2 atom stereocenters. The molecule has 0 heterocycles. The number of nitrogens with zero attached hydrogens (tertiary/aromatic N) is 2. The van der Waals surface area contributed by atoms with Crippen LogP contribution in [0.4, 0.5) is 0 Å². The first-order valence-electron chi connectivity index (χ1n) is 28.3. The molecule has 0 saturated heterocycles. The van der Waals surface area contributed by atoms with E-state index in [0.717, 1.165) is 78.6 Å². The Morgan fingerprint density at radius 1 is 0.415 bits per heavy atom. The number of carboxylic acids is 1. The first-order chi connectivity index (χ1) is 39.5. The van der Waals surface area contributed by atoms with E-state index in [9.17, 15) is 14.7 Å². The SMILES string of the molecule is CC(=O)[C@@H](N)CCN(Cc1ccccc1OCc1cccc(C)c1)Cc1cccc(C)c1OCc1cccc(C)c1.Cc1cccc(COc2ccccc2CN(CC[C@H](N)C(=O)O)Cc2ccc(C)cc2OCc2cccc(C)c2)c1. The zero-order chi connectivity index (χ0) is 58.4. The summed E-state index contributed by atoms with van der Waals surface area (Å²) < 4.78 is 25.3. The molecule has 5 N–H and O–H groups in total. The third-order valence-electron chi connectivity index (χ3n) is 14.3. The van der Waals surface area contributed by atoms with Crippen molar-refractivity contribution in [3.63, 3.8) is 0 Å². The van der Waals surface area contributed by atoms with Crippen molar-refractivity contribution in [2.45, 2.75) is 126 Å². The lowest BCUT2D eigenvalue weighted by molar-refractivity contribution is -0.138. The summed E-state index contributed by atoms with van der Waals surface area (Å²) in [4.78, 5) is 27.9. The van der Waals surface area contributed by atoms with Crippen LogP contribution < -0.4 is 30.4 Å². The number of rotatable bonds is 28. The largest absolute Gasteiger partial charge is 0.489 e. The number of carbonyl (C=O) groups excluding carboxylic acids is 1. The number of para-hydroxylation sites is 3. The van der Waals surface area contributed by atoms with Crippen LogP contribution in [-0.4, -0.2) is 51.8 Å². The quantitative estimate of drug-likeness (QED) is 0.0430. The molecule has 0 aromatic heterocycles. The molecule has 0 unspecified atom stereocenters. The highest BCUT2D eigenvalue weighted by molar-refractivity contribution is 5.81. The second kappa shape index (κ2) is 31.2. The average Bonchev–Trinajstić information content (AvgIpc) is 3.61. The van der Waals surface area contributed by atoms with Gasteiger partial charge in [0.25, 0.3) is 0 Å². The van der Waals surface area contributed by atoms with Gasteiger partial charge in [0, 0.05) is 61.5 Å². The van der Waals surface area contributed by atoms with Gasteiger partial charge in [0.1, 0.15) is 61.3 Å². The number of hydrogen-bond donors (Lipinski definition) is 3. The molecule has 0 fully saturated rings. The predicted octanol–water partition coefficient (Wildman–Crippen LogP) is 13.7.